The van der Waals surface area contributed by atoms with Crippen LogP contribution in [0, 0.1) is 5.92 Å². The third kappa shape index (κ3) is 4.97. The molecule has 2 aromatic rings. The van der Waals surface area contributed by atoms with E-state index in [1.165, 1.54) is 0 Å². The van der Waals surface area contributed by atoms with Crippen molar-refractivity contribution in [3.05, 3.63) is 30.1 Å². The SMILES string of the molecule is COc1ccccc1Nc1nc(N)nc(CN2CCCC(C(F)(F)F)C2)n1. The molecule has 0 saturated carbocycles. The fourth-order valence-corrected chi connectivity index (χ4v) is 3.10. The van der Waals surface area contributed by atoms with Crippen LogP contribution in [0.3, 0.4) is 0 Å². The number of nitrogens with zero attached hydrogens (tertiary/aromatic N) is 4. The number of nitrogens with one attached hydrogen (secondary N) is 1. The van der Waals surface area contributed by atoms with Crippen molar-refractivity contribution in [2.45, 2.75) is 25.6 Å². The van der Waals surface area contributed by atoms with Gasteiger partial charge in [-0.2, -0.15) is 28.1 Å². The molecule has 146 valence electrons. The van der Waals surface area contributed by atoms with Crippen molar-refractivity contribution in [3.8, 4) is 5.75 Å². The monoisotopic (exact) mass is 382 g/mol. The van der Waals surface area contributed by atoms with E-state index in [1.807, 2.05) is 12.1 Å². The second-order valence-corrected chi connectivity index (χ2v) is 6.37. The summed E-state index contributed by atoms with van der Waals surface area (Å²) in [4.78, 5) is 14.1. The number of hydrogen-bond donors (Lipinski definition) is 2. The van der Waals surface area contributed by atoms with Crippen LogP contribution in [0.1, 0.15) is 18.7 Å². The molecule has 3 N–H and O–H groups in total. The molecule has 0 bridgehead atoms. The van der Waals surface area contributed by atoms with Gasteiger partial charge < -0.3 is 15.8 Å². The van der Waals surface area contributed by atoms with Crippen LogP contribution in [-0.2, 0) is 6.54 Å². The van der Waals surface area contributed by atoms with Crippen molar-refractivity contribution in [2.24, 2.45) is 5.92 Å². The van der Waals surface area contributed by atoms with Gasteiger partial charge in [0.1, 0.15) is 11.6 Å². The smallest absolute Gasteiger partial charge is 0.393 e. The number of piperidine rings is 1. The van der Waals surface area contributed by atoms with Crippen LogP contribution in [-0.4, -0.2) is 46.2 Å². The minimum Gasteiger partial charge on any atom is -0.495 e. The van der Waals surface area contributed by atoms with E-state index in [2.05, 4.69) is 20.3 Å². The summed E-state index contributed by atoms with van der Waals surface area (Å²) in [6.07, 6.45) is -3.55. The summed E-state index contributed by atoms with van der Waals surface area (Å²) in [5.41, 5.74) is 6.40. The minimum absolute atomic E-state index is 0.00165. The number of alkyl halides is 3. The number of aromatic nitrogens is 3. The van der Waals surface area contributed by atoms with Crippen LogP contribution in [0.15, 0.2) is 24.3 Å². The minimum atomic E-state index is -4.19. The zero-order valence-corrected chi connectivity index (χ0v) is 14.8. The second kappa shape index (κ2) is 7.95. The summed E-state index contributed by atoms with van der Waals surface area (Å²) in [5.74, 6) is -0.186. The quantitative estimate of drug-likeness (QED) is 0.822. The predicted octanol–water partition coefficient (Wildman–Crippen LogP) is 2.98. The fraction of sp³-hybridized carbons (Fsp3) is 0.471. The maximum atomic E-state index is 13.0. The van der Waals surface area contributed by atoms with Crippen molar-refractivity contribution in [2.75, 3.05) is 31.2 Å². The van der Waals surface area contributed by atoms with Gasteiger partial charge in [0, 0.05) is 6.54 Å². The van der Waals surface area contributed by atoms with E-state index < -0.39 is 12.1 Å². The molecule has 1 fully saturated rings. The Morgan fingerprint density at radius 3 is 2.78 bits per heavy atom. The molecule has 7 nitrogen and oxygen atoms in total. The standard InChI is InChI=1S/C17H21F3N6O/c1-27-13-7-3-2-6-12(13)22-16-24-14(23-15(21)25-16)10-26-8-4-5-11(9-26)17(18,19)20/h2-3,6-7,11H,4-5,8-10H2,1H3,(H3,21,22,23,24,25). The molecule has 27 heavy (non-hydrogen) atoms. The van der Waals surface area contributed by atoms with E-state index in [0.717, 1.165) is 0 Å². The number of hydrogen-bond acceptors (Lipinski definition) is 7. The number of methoxy groups -OCH3 is 1. The molecule has 1 aromatic heterocycles. The Hall–Kier alpha value is -2.62. The number of halogens is 3. The summed E-state index contributed by atoms with van der Waals surface area (Å²) >= 11 is 0. The number of benzene rings is 1. The number of likely N-dealkylation sites (tertiary alicyclic amines) is 1. The van der Waals surface area contributed by atoms with Crippen LogP contribution < -0.4 is 15.8 Å². The van der Waals surface area contributed by atoms with Gasteiger partial charge in [0.15, 0.2) is 0 Å². The van der Waals surface area contributed by atoms with Gasteiger partial charge >= 0.3 is 6.18 Å². The normalized spacial score (nSPS) is 18.3. The first kappa shape index (κ1) is 19.2. The van der Waals surface area contributed by atoms with E-state index in [0.29, 0.717) is 30.2 Å². The molecule has 1 saturated heterocycles. The molecule has 0 spiro atoms. The first-order valence-electron chi connectivity index (χ1n) is 8.54. The summed E-state index contributed by atoms with van der Waals surface area (Å²) in [7, 11) is 1.54. The summed E-state index contributed by atoms with van der Waals surface area (Å²) in [6.45, 7) is 0.678. The summed E-state index contributed by atoms with van der Waals surface area (Å²) in [6, 6.07) is 7.21. The molecule has 10 heteroatoms. The van der Waals surface area contributed by atoms with E-state index in [4.69, 9.17) is 10.5 Å². The van der Waals surface area contributed by atoms with Crippen molar-refractivity contribution in [1.29, 1.82) is 0 Å². The van der Waals surface area contributed by atoms with E-state index in [9.17, 15) is 13.2 Å². The Labute approximate surface area is 154 Å². The Balaban J connectivity index is 1.74. The molecular formula is C17H21F3N6O. The van der Waals surface area contributed by atoms with Gasteiger partial charge in [0.2, 0.25) is 11.9 Å². The third-order valence-electron chi connectivity index (χ3n) is 4.39. The highest BCUT2D eigenvalue weighted by molar-refractivity contribution is 5.62. The maximum Gasteiger partial charge on any atom is 0.393 e. The highest BCUT2D eigenvalue weighted by atomic mass is 19.4. The van der Waals surface area contributed by atoms with Crippen molar-refractivity contribution < 1.29 is 17.9 Å². The molecule has 0 aliphatic carbocycles. The fourth-order valence-electron chi connectivity index (χ4n) is 3.10. The number of nitrogen functional groups attached to an aromatic ring is 1. The van der Waals surface area contributed by atoms with Gasteiger partial charge in [-0.15, -0.1) is 0 Å². The molecule has 2 heterocycles. The number of anilines is 3. The zero-order valence-electron chi connectivity index (χ0n) is 14.8. The zero-order chi connectivity index (χ0) is 19.4. The average molecular weight is 382 g/mol. The summed E-state index contributed by atoms with van der Waals surface area (Å²) < 4.78 is 44.2. The topological polar surface area (TPSA) is 89.2 Å². The Kier molecular flexibility index (Phi) is 5.64. The molecule has 1 aliphatic rings. The second-order valence-electron chi connectivity index (χ2n) is 6.37. The first-order chi connectivity index (χ1) is 12.8. The van der Waals surface area contributed by atoms with Gasteiger partial charge in [-0.1, -0.05) is 12.1 Å². The highest BCUT2D eigenvalue weighted by Crippen LogP contribution is 2.33. The van der Waals surface area contributed by atoms with Crippen LogP contribution >= 0.6 is 0 Å². The number of para-hydroxylation sites is 2. The molecule has 0 amide bonds. The molecule has 0 radical (unpaired) electrons. The van der Waals surface area contributed by atoms with Gasteiger partial charge in [-0.3, -0.25) is 4.90 Å². The lowest BCUT2D eigenvalue weighted by Crippen LogP contribution is -2.41. The van der Waals surface area contributed by atoms with Gasteiger partial charge in [0.25, 0.3) is 0 Å². The van der Waals surface area contributed by atoms with E-state index >= 15 is 0 Å². The van der Waals surface area contributed by atoms with Gasteiger partial charge in [0.05, 0.1) is 25.3 Å². The van der Waals surface area contributed by atoms with Crippen LogP contribution in [0.4, 0.5) is 30.8 Å². The van der Waals surface area contributed by atoms with E-state index in [-0.39, 0.29) is 31.4 Å². The lowest BCUT2D eigenvalue weighted by Gasteiger charge is -2.33. The van der Waals surface area contributed by atoms with E-state index in [1.54, 1.807) is 24.1 Å². The largest absolute Gasteiger partial charge is 0.495 e. The average Bonchev–Trinajstić information content (AvgIpc) is 2.61. The molecule has 1 atom stereocenters. The van der Waals surface area contributed by atoms with Crippen LogP contribution in [0.2, 0.25) is 0 Å². The Morgan fingerprint density at radius 2 is 2.04 bits per heavy atom. The predicted molar refractivity (Wildman–Crippen MR) is 94.6 cm³/mol. The van der Waals surface area contributed by atoms with Crippen molar-refractivity contribution in [3.63, 3.8) is 0 Å². The Morgan fingerprint density at radius 1 is 1.26 bits per heavy atom. The highest BCUT2D eigenvalue weighted by Gasteiger charge is 2.41. The van der Waals surface area contributed by atoms with Crippen LogP contribution in [0.5, 0.6) is 5.75 Å². The van der Waals surface area contributed by atoms with Gasteiger partial charge in [-0.25, -0.2) is 0 Å². The van der Waals surface area contributed by atoms with Crippen LogP contribution in [0.25, 0.3) is 0 Å². The molecular weight excluding hydrogens is 361 g/mol. The number of ether oxygens (including phenoxy) is 1. The first-order valence-corrected chi connectivity index (χ1v) is 8.54. The molecule has 1 unspecified atom stereocenters. The molecule has 1 aliphatic heterocycles. The number of nitrogens with two attached hydrogens (primary N) is 1. The maximum absolute atomic E-state index is 13.0. The van der Waals surface area contributed by atoms with Gasteiger partial charge in [-0.05, 0) is 31.5 Å². The lowest BCUT2D eigenvalue weighted by atomic mass is 9.97. The lowest BCUT2D eigenvalue weighted by molar-refractivity contribution is -0.187. The summed E-state index contributed by atoms with van der Waals surface area (Å²) in [5, 5.41) is 3.01. The molecule has 1 aromatic carbocycles. The molecule has 3 rings (SSSR count). The Bertz CT molecular complexity index is 786. The number of rotatable bonds is 5. The van der Waals surface area contributed by atoms with Crippen molar-refractivity contribution >= 4 is 17.6 Å². The van der Waals surface area contributed by atoms with Crippen molar-refractivity contribution in [1.82, 2.24) is 19.9 Å². The third-order valence-corrected chi connectivity index (χ3v) is 4.39.